The van der Waals surface area contributed by atoms with E-state index in [0.29, 0.717) is 36.1 Å². The topological polar surface area (TPSA) is 151 Å². The number of benzene rings is 2. The van der Waals surface area contributed by atoms with E-state index >= 15 is 0 Å². The van der Waals surface area contributed by atoms with Gasteiger partial charge in [-0.15, -0.1) is 0 Å². The number of hydrogen-bond acceptors (Lipinski definition) is 7. The number of nitrogens with one attached hydrogen (secondary N) is 1. The molecule has 2 saturated heterocycles. The van der Waals surface area contributed by atoms with Gasteiger partial charge in [0.25, 0.3) is 5.91 Å². The molecule has 4 aliphatic rings. The Morgan fingerprint density at radius 1 is 1.09 bits per heavy atom. The summed E-state index contributed by atoms with van der Waals surface area (Å²) in [6, 6.07) is 8.26. The Balaban J connectivity index is 1.19. The molecule has 2 aromatic carbocycles. The van der Waals surface area contributed by atoms with Crippen molar-refractivity contribution in [3.05, 3.63) is 53.2 Å². The molecular formula is C31H33F3N6O4. The fraction of sp³-hybridized carbons (Fsp3) is 0.452. The summed E-state index contributed by atoms with van der Waals surface area (Å²) in [5.74, 6) is -2.02. The van der Waals surface area contributed by atoms with Crippen molar-refractivity contribution in [2.45, 2.75) is 62.7 Å². The molecule has 5 N–H and O–H groups in total. The van der Waals surface area contributed by atoms with Gasteiger partial charge in [-0.25, -0.2) is 0 Å². The van der Waals surface area contributed by atoms with Crippen molar-refractivity contribution in [3.63, 3.8) is 0 Å². The molecule has 3 aliphatic heterocycles. The molecule has 1 atom stereocenters. The zero-order valence-electron chi connectivity index (χ0n) is 24.0. The highest BCUT2D eigenvalue weighted by atomic mass is 19.4. The van der Waals surface area contributed by atoms with Gasteiger partial charge in [0.15, 0.2) is 0 Å². The van der Waals surface area contributed by atoms with Crippen molar-refractivity contribution in [2.24, 2.45) is 21.9 Å². The third kappa shape index (κ3) is 4.83. The van der Waals surface area contributed by atoms with E-state index in [0.717, 1.165) is 16.3 Å². The number of nitrogens with two attached hydrogens (primary N) is 2. The summed E-state index contributed by atoms with van der Waals surface area (Å²) in [4.78, 5) is 58.0. The van der Waals surface area contributed by atoms with Gasteiger partial charge in [-0.05, 0) is 67.0 Å². The third-order valence-electron chi connectivity index (χ3n) is 9.52. The van der Waals surface area contributed by atoms with Crippen molar-refractivity contribution >= 4 is 46.3 Å². The van der Waals surface area contributed by atoms with Crippen LogP contribution in [0.15, 0.2) is 47.1 Å². The molecule has 0 bridgehead atoms. The number of anilines is 1. The number of halogens is 3. The van der Waals surface area contributed by atoms with Gasteiger partial charge in [-0.1, -0.05) is 18.2 Å². The summed E-state index contributed by atoms with van der Waals surface area (Å²) in [5.41, 5.74) is 11.7. The number of carbonyl (C=O) groups is 4. The number of carbonyl (C=O) groups excluding carboxylic acids is 4. The number of nitrogens with zero attached hydrogens (tertiary/aromatic N) is 3. The number of amides is 4. The summed E-state index contributed by atoms with van der Waals surface area (Å²) in [5, 5.41) is 3.85. The molecule has 1 unspecified atom stereocenters. The molecule has 0 radical (unpaired) electrons. The fourth-order valence-corrected chi connectivity index (χ4v) is 6.60. The molecule has 1 saturated carbocycles. The highest BCUT2D eigenvalue weighted by Crippen LogP contribution is 2.59. The number of likely N-dealkylation sites (tertiary alicyclic amines) is 1. The van der Waals surface area contributed by atoms with Gasteiger partial charge < -0.3 is 16.4 Å². The van der Waals surface area contributed by atoms with Gasteiger partial charge in [0.05, 0.1) is 11.2 Å². The van der Waals surface area contributed by atoms with Crippen LogP contribution in [0.25, 0.3) is 10.8 Å². The lowest BCUT2D eigenvalue weighted by molar-refractivity contribution is -0.199. The summed E-state index contributed by atoms with van der Waals surface area (Å²) in [6.07, 6.45) is -0.418. The van der Waals surface area contributed by atoms with Gasteiger partial charge in [-0.3, -0.25) is 34.4 Å². The maximum Gasteiger partial charge on any atom is 0.403 e. The second-order valence-electron chi connectivity index (χ2n) is 12.1. The quantitative estimate of drug-likeness (QED) is 0.324. The highest BCUT2D eigenvalue weighted by molar-refractivity contribution is 6.27. The van der Waals surface area contributed by atoms with E-state index in [-0.39, 0.29) is 57.1 Å². The smallest absolute Gasteiger partial charge is 0.403 e. The molecular weight excluding hydrogens is 577 g/mol. The van der Waals surface area contributed by atoms with E-state index in [1.54, 1.807) is 24.4 Å². The van der Waals surface area contributed by atoms with Crippen molar-refractivity contribution in [2.75, 3.05) is 24.5 Å². The Labute approximate surface area is 251 Å². The van der Waals surface area contributed by atoms with E-state index in [4.69, 9.17) is 16.5 Å². The SMILES string of the molecule is NC=C(C=NC1(CN)CCN(C(=O)C2(C(F)(F)F)CC2)CC1)Cc1ccc2c3c(cccc13)C(=O)N2C1CCC(=O)NC1=O. The highest BCUT2D eigenvalue weighted by Gasteiger charge is 2.69. The number of aliphatic imine (C=N–C) groups is 1. The molecule has 13 heteroatoms. The van der Waals surface area contributed by atoms with Crippen LogP contribution in [-0.2, 0) is 20.8 Å². The van der Waals surface area contributed by atoms with Crippen molar-refractivity contribution in [3.8, 4) is 0 Å². The monoisotopic (exact) mass is 610 g/mol. The van der Waals surface area contributed by atoms with Gasteiger partial charge in [0.2, 0.25) is 17.7 Å². The molecule has 10 nitrogen and oxygen atoms in total. The van der Waals surface area contributed by atoms with E-state index in [9.17, 15) is 32.3 Å². The standard InChI is InChI=1S/C31H33F3N6O4/c32-31(33,34)30(8-9-30)28(44)39-12-10-29(17-36,11-13-39)37-16-18(15-35)14-19-4-5-22-25-20(19)2-1-3-21(25)27(43)40(22)23-6-7-24(41)38-26(23)42/h1-5,15-16,23H,6-14,17,35-36H2,(H,38,41,42). The van der Waals surface area contributed by atoms with Gasteiger partial charge in [0.1, 0.15) is 11.5 Å². The Kier molecular flexibility index (Phi) is 7.26. The van der Waals surface area contributed by atoms with Crippen LogP contribution in [0.4, 0.5) is 18.9 Å². The predicted molar refractivity (Wildman–Crippen MR) is 157 cm³/mol. The Bertz CT molecular complexity index is 1620. The first kappa shape index (κ1) is 29.8. The first-order valence-electron chi connectivity index (χ1n) is 14.7. The summed E-state index contributed by atoms with van der Waals surface area (Å²) >= 11 is 0. The Morgan fingerprint density at radius 3 is 2.43 bits per heavy atom. The molecule has 44 heavy (non-hydrogen) atoms. The minimum atomic E-state index is -4.55. The summed E-state index contributed by atoms with van der Waals surface area (Å²) in [7, 11) is 0. The first-order valence-corrected chi connectivity index (χ1v) is 14.7. The minimum Gasteiger partial charge on any atom is -0.404 e. The van der Waals surface area contributed by atoms with Crippen LogP contribution in [0.5, 0.6) is 0 Å². The van der Waals surface area contributed by atoms with E-state index in [2.05, 4.69) is 5.32 Å². The lowest BCUT2D eigenvalue weighted by Gasteiger charge is -2.40. The van der Waals surface area contributed by atoms with Crippen LogP contribution < -0.4 is 21.7 Å². The van der Waals surface area contributed by atoms with Crippen LogP contribution in [0.2, 0.25) is 0 Å². The van der Waals surface area contributed by atoms with Crippen LogP contribution in [0, 0.1) is 5.41 Å². The molecule has 3 fully saturated rings. The molecule has 232 valence electrons. The summed E-state index contributed by atoms with van der Waals surface area (Å²) < 4.78 is 40.5. The average molecular weight is 611 g/mol. The first-order chi connectivity index (χ1) is 20.9. The van der Waals surface area contributed by atoms with Gasteiger partial charge >= 0.3 is 6.18 Å². The zero-order valence-corrected chi connectivity index (χ0v) is 24.0. The molecule has 1 aliphatic carbocycles. The minimum absolute atomic E-state index is 0.138. The van der Waals surface area contributed by atoms with E-state index < -0.39 is 35.0 Å². The molecule has 2 aromatic rings. The van der Waals surface area contributed by atoms with Gasteiger partial charge in [-0.2, -0.15) is 13.2 Å². The second kappa shape index (κ2) is 10.7. The van der Waals surface area contributed by atoms with E-state index in [1.807, 2.05) is 12.1 Å². The van der Waals surface area contributed by atoms with Crippen LogP contribution in [-0.4, -0.2) is 72.1 Å². The Morgan fingerprint density at radius 2 is 1.82 bits per heavy atom. The number of alkyl halides is 3. The van der Waals surface area contributed by atoms with Crippen LogP contribution >= 0.6 is 0 Å². The number of imide groups is 1. The zero-order chi connectivity index (χ0) is 31.4. The molecule has 0 aromatic heterocycles. The molecule has 6 rings (SSSR count). The maximum atomic E-state index is 13.5. The van der Waals surface area contributed by atoms with Crippen LogP contribution in [0.1, 0.15) is 54.4 Å². The summed E-state index contributed by atoms with van der Waals surface area (Å²) in [6.45, 7) is 0.436. The largest absolute Gasteiger partial charge is 0.404 e. The number of hydrogen-bond donors (Lipinski definition) is 3. The number of allylic oxidation sites excluding steroid dienone is 1. The van der Waals surface area contributed by atoms with Gasteiger partial charge in [0, 0.05) is 49.6 Å². The van der Waals surface area contributed by atoms with Crippen molar-refractivity contribution in [1.82, 2.24) is 10.2 Å². The van der Waals surface area contributed by atoms with Crippen molar-refractivity contribution < 1.29 is 32.3 Å². The maximum absolute atomic E-state index is 13.5. The third-order valence-corrected chi connectivity index (χ3v) is 9.52. The molecule has 3 heterocycles. The molecule has 0 spiro atoms. The fourth-order valence-electron chi connectivity index (χ4n) is 6.60. The van der Waals surface area contributed by atoms with Crippen molar-refractivity contribution in [1.29, 1.82) is 0 Å². The lowest BCUT2D eigenvalue weighted by atomic mass is 9.87. The number of rotatable bonds is 7. The normalized spacial score (nSPS) is 23.0. The van der Waals surface area contributed by atoms with Crippen LogP contribution in [0.3, 0.4) is 0 Å². The molecule has 4 amide bonds. The average Bonchev–Trinajstić information content (AvgIpc) is 3.78. The number of piperidine rings is 2. The lowest BCUT2D eigenvalue weighted by Crippen LogP contribution is -2.53. The predicted octanol–water partition coefficient (Wildman–Crippen LogP) is 2.72. The Hall–Kier alpha value is -4.26. The van der Waals surface area contributed by atoms with E-state index in [1.165, 1.54) is 16.0 Å². The second-order valence-corrected chi connectivity index (χ2v) is 12.1.